The number of thiophene rings is 1. The van der Waals surface area contributed by atoms with Crippen molar-refractivity contribution in [2.45, 2.75) is 13.5 Å². The lowest BCUT2D eigenvalue weighted by Gasteiger charge is -2.09. The number of carbonyl (C=O) groups excluding carboxylic acids is 2. The van der Waals surface area contributed by atoms with Gasteiger partial charge in [-0.05, 0) is 30.7 Å². The highest BCUT2D eigenvalue weighted by Crippen LogP contribution is 2.28. The van der Waals surface area contributed by atoms with Crippen LogP contribution in [0, 0.1) is 6.92 Å². The monoisotopic (exact) mass is 469 g/mol. The molecule has 30 heavy (non-hydrogen) atoms. The largest absolute Gasteiger partial charge is 0.459 e. The fourth-order valence-corrected chi connectivity index (χ4v) is 4.17. The Kier molecular flexibility index (Phi) is 7.09. The lowest BCUT2D eigenvalue weighted by atomic mass is 10.2. The second kappa shape index (κ2) is 9.57. The number of rotatable bonds is 7. The summed E-state index contributed by atoms with van der Waals surface area (Å²) in [5.41, 5.74) is 0.411. The van der Waals surface area contributed by atoms with Crippen LogP contribution in [0.5, 0.6) is 0 Å². The van der Waals surface area contributed by atoms with Crippen molar-refractivity contribution < 1.29 is 19.1 Å². The molecular weight excluding hydrogens is 453 g/mol. The zero-order chi connectivity index (χ0) is 21.8. The number of methoxy groups -OCH3 is 1. The molecule has 0 aliphatic heterocycles. The van der Waals surface area contributed by atoms with E-state index in [1.807, 2.05) is 0 Å². The van der Waals surface area contributed by atoms with E-state index in [1.165, 1.54) is 24.1 Å². The Hall–Kier alpha value is -2.46. The molecule has 2 aromatic heterocycles. The van der Waals surface area contributed by atoms with Crippen LogP contribution in [0.25, 0.3) is 10.2 Å². The first kappa shape index (κ1) is 22.2. The molecule has 0 saturated carbocycles. The molecule has 0 bridgehead atoms. The first-order valence-electron chi connectivity index (χ1n) is 8.71. The number of carbonyl (C=O) groups is 2. The van der Waals surface area contributed by atoms with E-state index in [2.05, 4.69) is 10.3 Å². The summed E-state index contributed by atoms with van der Waals surface area (Å²) in [6.07, 6.45) is 1.27. The van der Waals surface area contributed by atoms with Gasteiger partial charge in [0.25, 0.3) is 5.56 Å². The Morgan fingerprint density at radius 1 is 1.27 bits per heavy atom. The average Bonchev–Trinajstić information content (AvgIpc) is 3.04. The number of esters is 1. The van der Waals surface area contributed by atoms with Gasteiger partial charge < -0.3 is 14.8 Å². The van der Waals surface area contributed by atoms with E-state index in [-0.39, 0.29) is 30.2 Å². The lowest BCUT2D eigenvalue weighted by molar-refractivity contribution is -0.116. The molecule has 0 fully saturated rings. The second-order valence-corrected chi connectivity index (χ2v) is 8.06. The van der Waals surface area contributed by atoms with Gasteiger partial charge in [0.15, 0.2) is 0 Å². The first-order valence-corrected chi connectivity index (χ1v) is 10.3. The molecule has 0 saturated heterocycles. The van der Waals surface area contributed by atoms with Crippen LogP contribution in [-0.4, -0.2) is 41.8 Å². The third-order valence-corrected chi connectivity index (χ3v) is 5.87. The lowest BCUT2D eigenvalue weighted by Crippen LogP contribution is -2.28. The third kappa shape index (κ3) is 4.81. The van der Waals surface area contributed by atoms with Gasteiger partial charge in [0.05, 0.1) is 29.0 Å². The summed E-state index contributed by atoms with van der Waals surface area (Å²) in [5.74, 6) is -1.01. The smallest absolute Gasteiger partial charge is 0.348 e. The van der Waals surface area contributed by atoms with Crippen molar-refractivity contribution in [3.63, 3.8) is 0 Å². The summed E-state index contributed by atoms with van der Waals surface area (Å²) >= 11 is 13.0. The molecule has 1 N–H and O–H groups in total. The SMILES string of the molecule is COCCOC(=O)c1sc2ncn(CC(=O)Nc3ccc(Cl)cc3Cl)c(=O)c2c1C. The summed E-state index contributed by atoms with van der Waals surface area (Å²) in [4.78, 5) is 42.4. The number of fused-ring (bicyclic) bond motifs is 1. The van der Waals surface area contributed by atoms with Crippen LogP contribution in [0.2, 0.25) is 10.0 Å². The van der Waals surface area contributed by atoms with Crippen LogP contribution in [0.15, 0.2) is 29.3 Å². The van der Waals surface area contributed by atoms with Gasteiger partial charge in [-0.1, -0.05) is 23.2 Å². The maximum absolute atomic E-state index is 12.9. The van der Waals surface area contributed by atoms with E-state index >= 15 is 0 Å². The normalized spacial score (nSPS) is 10.9. The predicted octanol–water partition coefficient (Wildman–Crippen LogP) is 3.52. The molecule has 0 spiro atoms. The van der Waals surface area contributed by atoms with E-state index < -0.39 is 17.4 Å². The van der Waals surface area contributed by atoms with E-state index in [4.69, 9.17) is 32.7 Å². The number of halogens is 2. The standard InChI is InChI=1S/C19H17Cl2N3O5S/c1-10-15-17(30-16(10)19(27)29-6-5-28-2)22-9-24(18(15)26)8-14(25)23-13-4-3-11(20)7-12(13)21/h3-4,7,9H,5-6,8H2,1-2H3,(H,23,25). The number of nitrogens with one attached hydrogen (secondary N) is 1. The zero-order valence-corrected chi connectivity index (χ0v) is 18.4. The van der Waals surface area contributed by atoms with Crippen LogP contribution in [0.3, 0.4) is 0 Å². The predicted molar refractivity (Wildman–Crippen MR) is 116 cm³/mol. The van der Waals surface area contributed by atoms with Gasteiger partial charge in [-0.3, -0.25) is 14.2 Å². The minimum Gasteiger partial charge on any atom is -0.459 e. The molecule has 158 valence electrons. The summed E-state index contributed by atoms with van der Waals surface area (Å²) in [7, 11) is 1.50. The van der Waals surface area contributed by atoms with E-state index in [0.717, 1.165) is 11.3 Å². The van der Waals surface area contributed by atoms with E-state index in [0.29, 0.717) is 26.0 Å². The van der Waals surface area contributed by atoms with Crippen molar-refractivity contribution in [2.75, 3.05) is 25.6 Å². The minimum atomic E-state index is -0.548. The Balaban J connectivity index is 1.82. The summed E-state index contributed by atoms with van der Waals surface area (Å²) < 4.78 is 11.1. The van der Waals surface area contributed by atoms with Gasteiger partial charge in [0, 0.05) is 12.1 Å². The molecule has 1 aromatic carbocycles. The number of anilines is 1. The van der Waals surface area contributed by atoms with E-state index in [1.54, 1.807) is 19.1 Å². The molecule has 0 aliphatic rings. The van der Waals surface area contributed by atoms with Crippen LogP contribution >= 0.6 is 34.5 Å². The molecule has 11 heteroatoms. The third-order valence-electron chi connectivity index (χ3n) is 4.14. The number of hydrogen-bond acceptors (Lipinski definition) is 7. The first-order chi connectivity index (χ1) is 14.3. The Morgan fingerprint density at radius 3 is 2.73 bits per heavy atom. The fourth-order valence-electron chi connectivity index (χ4n) is 2.69. The highest BCUT2D eigenvalue weighted by molar-refractivity contribution is 7.20. The maximum Gasteiger partial charge on any atom is 0.348 e. The maximum atomic E-state index is 12.9. The van der Waals surface area contributed by atoms with Gasteiger partial charge in [-0.15, -0.1) is 11.3 Å². The molecule has 0 radical (unpaired) electrons. The van der Waals surface area contributed by atoms with Crippen molar-refractivity contribution in [3.05, 3.63) is 55.4 Å². The van der Waals surface area contributed by atoms with Crippen molar-refractivity contribution in [1.29, 1.82) is 0 Å². The number of benzene rings is 1. The summed E-state index contributed by atoms with van der Waals surface area (Å²) in [5, 5.41) is 3.62. The number of ether oxygens (including phenoxy) is 2. The minimum absolute atomic E-state index is 0.105. The van der Waals surface area contributed by atoms with Gasteiger partial charge >= 0.3 is 5.97 Å². The van der Waals surface area contributed by atoms with Crippen molar-refractivity contribution in [1.82, 2.24) is 9.55 Å². The van der Waals surface area contributed by atoms with Crippen molar-refractivity contribution >= 4 is 62.3 Å². The summed E-state index contributed by atoms with van der Waals surface area (Å²) in [6.45, 7) is 1.75. The number of aryl methyl sites for hydroxylation is 1. The average molecular weight is 470 g/mol. The van der Waals surface area contributed by atoms with Gasteiger partial charge in [-0.25, -0.2) is 9.78 Å². The highest BCUT2D eigenvalue weighted by Gasteiger charge is 2.21. The van der Waals surface area contributed by atoms with Crippen LogP contribution in [-0.2, 0) is 20.8 Å². The number of nitrogens with zero attached hydrogens (tertiary/aromatic N) is 2. The van der Waals surface area contributed by atoms with Crippen LogP contribution in [0.4, 0.5) is 5.69 Å². The Labute approximate surface area is 185 Å². The van der Waals surface area contributed by atoms with E-state index in [9.17, 15) is 14.4 Å². The Morgan fingerprint density at radius 2 is 2.03 bits per heavy atom. The van der Waals surface area contributed by atoms with Gasteiger partial charge in [-0.2, -0.15) is 0 Å². The van der Waals surface area contributed by atoms with Crippen LogP contribution in [0.1, 0.15) is 15.2 Å². The molecule has 2 heterocycles. The molecule has 8 nitrogen and oxygen atoms in total. The number of aromatic nitrogens is 2. The number of amides is 1. The van der Waals surface area contributed by atoms with Gasteiger partial charge in [0.1, 0.15) is 22.9 Å². The van der Waals surface area contributed by atoms with Gasteiger partial charge in [0.2, 0.25) is 5.91 Å². The second-order valence-electron chi connectivity index (χ2n) is 6.22. The molecule has 0 unspecified atom stereocenters. The fraction of sp³-hybridized carbons (Fsp3) is 0.263. The molecule has 3 aromatic rings. The number of hydrogen-bond donors (Lipinski definition) is 1. The van der Waals surface area contributed by atoms with Crippen LogP contribution < -0.4 is 10.9 Å². The Bertz CT molecular complexity index is 1170. The summed E-state index contributed by atoms with van der Waals surface area (Å²) in [6, 6.07) is 4.66. The highest BCUT2D eigenvalue weighted by atomic mass is 35.5. The van der Waals surface area contributed by atoms with Crippen molar-refractivity contribution in [2.24, 2.45) is 0 Å². The molecule has 0 aliphatic carbocycles. The zero-order valence-electron chi connectivity index (χ0n) is 16.0. The molecule has 1 amide bonds. The van der Waals surface area contributed by atoms with Crippen molar-refractivity contribution in [3.8, 4) is 0 Å². The topological polar surface area (TPSA) is 99.5 Å². The molecule has 0 atom stereocenters. The molecular formula is C19H17Cl2N3O5S. The molecule has 3 rings (SSSR count). The quantitative estimate of drug-likeness (QED) is 0.419.